The first-order chi connectivity index (χ1) is 5.61. The third kappa shape index (κ3) is 4.34. The minimum absolute atomic E-state index is 0.0904. The SMILES string of the molecule is CC[C@H](N)CC[C@@H](C)C(=O)NC. The smallest absolute Gasteiger partial charge is 0.222 e. The summed E-state index contributed by atoms with van der Waals surface area (Å²) in [6.45, 7) is 4.00. The van der Waals surface area contributed by atoms with Gasteiger partial charge < -0.3 is 11.1 Å². The van der Waals surface area contributed by atoms with E-state index in [1.807, 2.05) is 6.92 Å². The quantitative estimate of drug-likeness (QED) is 0.647. The van der Waals surface area contributed by atoms with Gasteiger partial charge >= 0.3 is 0 Å². The summed E-state index contributed by atoms with van der Waals surface area (Å²) in [5.41, 5.74) is 5.73. The average Bonchev–Trinajstić information content (AvgIpc) is 2.11. The molecule has 0 unspecified atom stereocenters. The molecule has 12 heavy (non-hydrogen) atoms. The summed E-state index contributed by atoms with van der Waals surface area (Å²) in [6, 6.07) is 0.247. The number of carbonyl (C=O) groups excluding carboxylic acids is 1. The lowest BCUT2D eigenvalue weighted by molar-refractivity contribution is -0.124. The Labute approximate surface area is 74.7 Å². The molecule has 0 spiro atoms. The third-order valence-electron chi connectivity index (χ3n) is 2.19. The molecule has 2 atom stereocenters. The molecule has 0 aliphatic heterocycles. The van der Waals surface area contributed by atoms with Crippen LogP contribution in [0.4, 0.5) is 0 Å². The maximum absolute atomic E-state index is 11.1. The molecule has 3 nitrogen and oxygen atoms in total. The fourth-order valence-electron chi connectivity index (χ4n) is 1.05. The normalized spacial score (nSPS) is 15.3. The van der Waals surface area contributed by atoms with Crippen molar-refractivity contribution in [2.24, 2.45) is 11.7 Å². The second kappa shape index (κ2) is 6.00. The van der Waals surface area contributed by atoms with Gasteiger partial charge in [0.25, 0.3) is 0 Å². The third-order valence-corrected chi connectivity index (χ3v) is 2.19. The number of nitrogens with two attached hydrogens (primary N) is 1. The number of carbonyl (C=O) groups is 1. The van der Waals surface area contributed by atoms with E-state index in [1.165, 1.54) is 0 Å². The summed E-state index contributed by atoms with van der Waals surface area (Å²) in [7, 11) is 1.67. The van der Waals surface area contributed by atoms with Gasteiger partial charge in [0, 0.05) is 19.0 Å². The van der Waals surface area contributed by atoms with Gasteiger partial charge in [0.1, 0.15) is 0 Å². The molecule has 0 rings (SSSR count). The molecule has 0 aromatic carbocycles. The van der Waals surface area contributed by atoms with Crippen LogP contribution in [0, 0.1) is 5.92 Å². The van der Waals surface area contributed by atoms with Crippen molar-refractivity contribution in [3.05, 3.63) is 0 Å². The maximum Gasteiger partial charge on any atom is 0.222 e. The van der Waals surface area contributed by atoms with Crippen LogP contribution < -0.4 is 11.1 Å². The van der Waals surface area contributed by atoms with Crippen molar-refractivity contribution < 1.29 is 4.79 Å². The van der Waals surface area contributed by atoms with Crippen LogP contribution >= 0.6 is 0 Å². The molecule has 0 aliphatic carbocycles. The van der Waals surface area contributed by atoms with Crippen LogP contribution in [0.25, 0.3) is 0 Å². The van der Waals surface area contributed by atoms with Gasteiger partial charge in [-0.3, -0.25) is 4.79 Å². The van der Waals surface area contributed by atoms with E-state index in [4.69, 9.17) is 5.73 Å². The van der Waals surface area contributed by atoms with E-state index in [2.05, 4.69) is 12.2 Å². The average molecular weight is 172 g/mol. The van der Waals surface area contributed by atoms with Gasteiger partial charge in [-0.25, -0.2) is 0 Å². The summed E-state index contributed by atoms with van der Waals surface area (Å²) in [4.78, 5) is 11.1. The second-order valence-electron chi connectivity index (χ2n) is 3.26. The maximum atomic E-state index is 11.1. The van der Waals surface area contributed by atoms with Gasteiger partial charge in [-0.2, -0.15) is 0 Å². The Bertz CT molecular complexity index is 136. The molecule has 0 bridgehead atoms. The topological polar surface area (TPSA) is 55.1 Å². The molecule has 0 aromatic heterocycles. The van der Waals surface area contributed by atoms with Gasteiger partial charge in [-0.15, -0.1) is 0 Å². The van der Waals surface area contributed by atoms with Crippen molar-refractivity contribution in [3.8, 4) is 0 Å². The van der Waals surface area contributed by atoms with Crippen molar-refractivity contribution in [3.63, 3.8) is 0 Å². The van der Waals surface area contributed by atoms with E-state index >= 15 is 0 Å². The zero-order valence-electron chi connectivity index (χ0n) is 8.26. The van der Waals surface area contributed by atoms with Crippen LogP contribution in [0.2, 0.25) is 0 Å². The van der Waals surface area contributed by atoms with Crippen LogP contribution in [-0.2, 0) is 4.79 Å². The molecular formula is C9H20N2O. The number of rotatable bonds is 5. The predicted molar refractivity (Wildman–Crippen MR) is 50.7 cm³/mol. The molecule has 3 N–H and O–H groups in total. The van der Waals surface area contributed by atoms with Gasteiger partial charge in [-0.05, 0) is 19.3 Å². The van der Waals surface area contributed by atoms with Gasteiger partial charge in [-0.1, -0.05) is 13.8 Å². The van der Waals surface area contributed by atoms with Crippen LogP contribution in [0.15, 0.2) is 0 Å². The lowest BCUT2D eigenvalue weighted by Crippen LogP contribution is -2.27. The summed E-state index contributed by atoms with van der Waals surface area (Å²) in [5, 5.41) is 2.63. The Hall–Kier alpha value is -0.570. The van der Waals surface area contributed by atoms with Crippen molar-refractivity contribution in [2.45, 2.75) is 39.2 Å². The molecule has 72 valence electrons. The van der Waals surface area contributed by atoms with E-state index in [0.717, 1.165) is 19.3 Å². The molecule has 0 aromatic rings. The summed E-state index contributed by atoms with van der Waals surface area (Å²) >= 11 is 0. The van der Waals surface area contributed by atoms with E-state index in [9.17, 15) is 4.79 Å². The molecule has 3 heteroatoms. The van der Waals surface area contributed by atoms with E-state index in [1.54, 1.807) is 7.05 Å². The Morgan fingerprint density at radius 2 is 2.08 bits per heavy atom. The van der Waals surface area contributed by atoms with Gasteiger partial charge in [0.05, 0.1) is 0 Å². The fourth-order valence-corrected chi connectivity index (χ4v) is 1.05. The molecule has 0 saturated carbocycles. The standard InChI is InChI=1S/C9H20N2O/c1-4-8(10)6-5-7(2)9(12)11-3/h7-8H,4-6,10H2,1-3H3,(H,11,12)/t7-,8+/m1/s1. The first-order valence-corrected chi connectivity index (χ1v) is 4.59. The largest absolute Gasteiger partial charge is 0.359 e. The van der Waals surface area contributed by atoms with Crippen molar-refractivity contribution >= 4 is 5.91 Å². The molecule has 1 amide bonds. The summed E-state index contributed by atoms with van der Waals surface area (Å²) in [5.74, 6) is 0.200. The van der Waals surface area contributed by atoms with Crippen LogP contribution in [-0.4, -0.2) is 19.0 Å². The van der Waals surface area contributed by atoms with Crippen molar-refractivity contribution in [1.82, 2.24) is 5.32 Å². The second-order valence-corrected chi connectivity index (χ2v) is 3.26. The number of amides is 1. The number of hydrogen-bond donors (Lipinski definition) is 2. The highest BCUT2D eigenvalue weighted by molar-refractivity contribution is 5.77. The minimum Gasteiger partial charge on any atom is -0.359 e. The van der Waals surface area contributed by atoms with Crippen molar-refractivity contribution in [2.75, 3.05) is 7.05 Å². The van der Waals surface area contributed by atoms with E-state index < -0.39 is 0 Å². The molecule has 0 saturated heterocycles. The molecule has 0 aliphatic rings. The molecule has 0 heterocycles. The highest BCUT2D eigenvalue weighted by Crippen LogP contribution is 2.08. The van der Waals surface area contributed by atoms with E-state index in [0.29, 0.717) is 0 Å². The highest BCUT2D eigenvalue weighted by Gasteiger charge is 2.11. The lowest BCUT2D eigenvalue weighted by atomic mass is 10.0. The van der Waals surface area contributed by atoms with Crippen LogP contribution in [0.5, 0.6) is 0 Å². The summed E-state index contributed by atoms with van der Waals surface area (Å²) in [6.07, 6.45) is 2.81. The highest BCUT2D eigenvalue weighted by atomic mass is 16.1. The van der Waals surface area contributed by atoms with Gasteiger partial charge in [0.15, 0.2) is 0 Å². The molecular weight excluding hydrogens is 152 g/mol. The molecule has 0 radical (unpaired) electrons. The first kappa shape index (κ1) is 11.4. The zero-order chi connectivity index (χ0) is 9.56. The Balaban J connectivity index is 3.56. The zero-order valence-corrected chi connectivity index (χ0v) is 8.26. The molecule has 0 fully saturated rings. The van der Waals surface area contributed by atoms with Gasteiger partial charge in [0.2, 0.25) is 5.91 Å². The van der Waals surface area contributed by atoms with Crippen LogP contribution in [0.3, 0.4) is 0 Å². The lowest BCUT2D eigenvalue weighted by Gasteiger charge is -2.12. The number of hydrogen-bond acceptors (Lipinski definition) is 2. The predicted octanol–water partition coefficient (Wildman–Crippen LogP) is 0.886. The first-order valence-electron chi connectivity index (χ1n) is 4.59. The summed E-state index contributed by atoms with van der Waals surface area (Å²) < 4.78 is 0. The minimum atomic E-state index is 0.0904. The Kier molecular flexibility index (Phi) is 5.72. The number of nitrogens with one attached hydrogen (secondary N) is 1. The monoisotopic (exact) mass is 172 g/mol. The van der Waals surface area contributed by atoms with Crippen molar-refractivity contribution in [1.29, 1.82) is 0 Å². The van der Waals surface area contributed by atoms with Crippen LogP contribution in [0.1, 0.15) is 33.1 Å². The Morgan fingerprint density at radius 1 is 1.50 bits per heavy atom. The Morgan fingerprint density at radius 3 is 2.50 bits per heavy atom. The van der Waals surface area contributed by atoms with E-state index in [-0.39, 0.29) is 17.9 Å². The fraction of sp³-hybridized carbons (Fsp3) is 0.889.